The molecule has 0 aliphatic carbocycles. The molecule has 126 valence electrons. The zero-order valence-electron chi connectivity index (χ0n) is 12.6. The van der Waals surface area contributed by atoms with Gasteiger partial charge in [0.25, 0.3) is 0 Å². The number of benzene rings is 1. The van der Waals surface area contributed by atoms with E-state index < -0.39 is 17.5 Å². The highest BCUT2D eigenvalue weighted by atomic mass is 19.1. The van der Waals surface area contributed by atoms with Gasteiger partial charge in [0.05, 0.1) is 6.54 Å². The maximum atomic E-state index is 13.3. The van der Waals surface area contributed by atoms with Crippen LogP contribution in [0.3, 0.4) is 0 Å². The number of imide groups is 1. The molecule has 1 aliphatic rings. The molecule has 3 amide bonds. The first-order valence-electron chi connectivity index (χ1n) is 7.11. The molecule has 8 heteroatoms. The standard InChI is InChI=1S/C16H14F2N2O4/c17-11-3-4-13(12(18)9-11)24-8-2-1-7-19-14(21)10-20-15(22)5-6-16(20)23/h3-4,9H,5-8,10H2,(H,19,21). The zero-order chi connectivity index (χ0) is 17.5. The minimum absolute atomic E-state index is 0.00961. The van der Waals surface area contributed by atoms with E-state index in [4.69, 9.17) is 4.74 Å². The van der Waals surface area contributed by atoms with E-state index >= 15 is 0 Å². The van der Waals surface area contributed by atoms with Gasteiger partial charge in [-0.2, -0.15) is 0 Å². The normalized spacial score (nSPS) is 13.5. The van der Waals surface area contributed by atoms with Crippen LogP contribution in [0.5, 0.6) is 5.75 Å². The minimum Gasteiger partial charge on any atom is -0.478 e. The molecule has 0 saturated carbocycles. The first-order valence-corrected chi connectivity index (χ1v) is 7.11. The molecule has 1 aromatic rings. The van der Waals surface area contributed by atoms with Gasteiger partial charge in [-0.3, -0.25) is 19.3 Å². The summed E-state index contributed by atoms with van der Waals surface area (Å²) in [6, 6.07) is 2.91. The van der Waals surface area contributed by atoms with Crippen molar-refractivity contribution in [2.45, 2.75) is 12.8 Å². The average Bonchev–Trinajstić information content (AvgIpc) is 2.84. The Morgan fingerprint density at radius 3 is 2.58 bits per heavy atom. The lowest BCUT2D eigenvalue weighted by atomic mass is 10.3. The smallest absolute Gasteiger partial charge is 0.240 e. The van der Waals surface area contributed by atoms with Gasteiger partial charge in [0.2, 0.25) is 17.7 Å². The molecule has 0 unspecified atom stereocenters. The van der Waals surface area contributed by atoms with Gasteiger partial charge < -0.3 is 10.1 Å². The fraction of sp³-hybridized carbons (Fsp3) is 0.312. The molecule has 2 rings (SSSR count). The van der Waals surface area contributed by atoms with Crippen LogP contribution in [0.15, 0.2) is 18.2 Å². The third kappa shape index (κ3) is 4.78. The lowest BCUT2D eigenvalue weighted by Crippen LogP contribution is -2.40. The third-order valence-corrected chi connectivity index (χ3v) is 3.15. The van der Waals surface area contributed by atoms with Crippen LogP contribution in [0.1, 0.15) is 12.8 Å². The van der Waals surface area contributed by atoms with E-state index in [1.807, 2.05) is 0 Å². The molecule has 1 aliphatic heterocycles. The molecule has 0 radical (unpaired) electrons. The van der Waals surface area contributed by atoms with Gasteiger partial charge in [-0.15, -0.1) is 0 Å². The van der Waals surface area contributed by atoms with Gasteiger partial charge >= 0.3 is 0 Å². The fourth-order valence-corrected chi connectivity index (χ4v) is 1.96. The predicted molar refractivity (Wildman–Crippen MR) is 78.6 cm³/mol. The van der Waals surface area contributed by atoms with E-state index in [1.165, 1.54) is 0 Å². The molecule has 1 heterocycles. The fourth-order valence-electron chi connectivity index (χ4n) is 1.96. The molecule has 1 fully saturated rings. The minimum atomic E-state index is -0.829. The van der Waals surface area contributed by atoms with Crippen molar-refractivity contribution in [1.29, 1.82) is 0 Å². The molecule has 0 aromatic heterocycles. The molecular weight excluding hydrogens is 322 g/mol. The third-order valence-electron chi connectivity index (χ3n) is 3.15. The van der Waals surface area contributed by atoms with Crippen LogP contribution >= 0.6 is 0 Å². The number of hydrogen-bond acceptors (Lipinski definition) is 4. The Labute approximate surface area is 136 Å². The molecule has 1 aromatic carbocycles. The highest BCUT2D eigenvalue weighted by molar-refractivity contribution is 6.04. The van der Waals surface area contributed by atoms with Crippen molar-refractivity contribution in [3.05, 3.63) is 29.8 Å². The van der Waals surface area contributed by atoms with Gasteiger partial charge in [0.1, 0.15) is 19.0 Å². The largest absolute Gasteiger partial charge is 0.478 e. The maximum absolute atomic E-state index is 13.3. The zero-order valence-corrected chi connectivity index (χ0v) is 12.6. The second-order valence-electron chi connectivity index (χ2n) is 4.87. The van der Waals surface area contributed by atoms with Gasteiger partial charge in [0.15, 0.2) is 11.6 Å². The van der Waals surface area contributed by atoms with Gasteiger partial charge in [-0.05, 0) is 12.1 Å². The Morgan fingerprint density at radius 2 is 1.92 bits per heavy atom. The number of nitrogens with zero attached hydrogens (tertiary/aromatic N) is 1. The first-order chi connectivity index (χ1) is 11.5. The Kier molecular flexibility index (Phi) is 5.84. The van der Waals surface area contributed by atoms with Crippen molar-refractivity contribution in [2.24, 2.45) is 0 Å². The van der Waals surface area contributed by atoms with E-state index in [0.717, 1.165) is 17.0 Å². The summed E-state index contributed by atoms with van der Waals surface area (Å²) in [6.07, 6.45) is 0.256. The molecule has 6 nitrogen and oxygen atoms in total. The quantitative estimate of drug-likeness (QED) is 0.632. The summed E-state index contributed by atoms with van der Waals surface area (Å²) in [4.78, 5) is 35.2. The number of rotatable bonds is 5. The highest BCUT2D eigenvalue weighted by Crippen LogP contribution is 2.17. The summed E-state index contributed by atoms with van der Waals surface area (Å²) in [6.45, 7) is -0.470. The SMILES string of the molecule is O=C(CN1C(=O)CCC1=O)NCC#CCOc1ccc(F)cc1F. The number of likely N-dealkylation sites (tertiary alicyclic amines) is 1. The Hall–Kier alpha value is -2.95. The number of nitrogens with one attached hydrogen (secondary N) is 1. The predicted octanol–water partition coefficient (Wildman–Crippen LogP) is 0.612. The molecule has 0 atom stereocenters. The van der Waals surface area contributed by atoms with Crippen LogP contribution in [0, 0.1) is 23.5 Å². The summed E-state index contributed by atoms with van der Waals surface area (Å²) in [5, 5.41) is 2.43. The highest BCUT2D eigenvalue weighted by Gasteiger charge is 2.30. The van der Waals surface area contributed by atoms with E-state index in [2.05, 4.69) is 17.2 Å². The lowest BCUT2D eigenvalue weighted by Gasteiger charge is -2.12. The van der Waals surface area contributed by atoms with Crippen LogP contribution in [-0.2, 0) is 14.4 Å². The van der Waals surface area contributed by atoms with Crippen molar-refractivity contribution in [3.8, 4) is 17.6 Å². The Bertz CT molecular complexity index is 709. The Balaban J connectivity index is 1.69. The van der Waals surface area contributed by atoms with E-state index in [9.17, 15) is 23.2 Å². The maximum Gasteiger partial charge on any atom is 0.240 e. The van der Waals surface area contributed by atoms with Crippen molar-refractivity contribution >= 4 is 17.7 Å². The van der Waals surface area contributed by atoms with Crippen LogP contribution in [0.2, 0.25) is 0 Å². The van der Waals surface area contributed by atoms with Gasteiger partial charge in [-0.1, -0.05) is 11.8 Å². The molecule has 1 N–H and O–H groups in total. The molecule has 1 saturated heterocycles. The number of halogens is 2. The number of carbonyl (C=O) groups is 3. The van der Waals surface area contributed by atoms with Crippen LogP contribution < -0.4 is 10.1 Å². The van der Waals surface area contributed by atoms with Gasteiger partial charge in [-0.25, -0.2) is 8.78 Å². The monoisotopic (exact) mass is 336 g/mol. The van der Waals surface area contributed by atoms with Crippen LogP contribution in [0.4, 0.5) is 8.78 Å². The van der Waals surface area contributed by atoms with E-state index in [-0.39, 0.29) is 50.1 Å². The topological polar surface area (TPSA) is 75.7 Å². The molecule has 0 spiro atoms. The van der Waals surface area contributed by atoms with E-state index in [0.29, 0.717) is 6.07 Å². The summed E-state index contributed by atoms with van der Waals surface area (Å²) in [5.41, 5.74) is 0. The second kappa shape index (κ2) is 8.06. The number of hydrogen-bond donors (Lipinski definition) is 1. The van der Waals surface area contributed by atoms with Crippen molar-refractivity contribution in [1.82, 2.24) is 10.2 Å². The number of carbonyl (C=O) groups excluding carboxylic acids is 3. The molecule has 0 bridgehead atoms. The van der Waals surface area contributed by atoms with Crippen molar-refractivity contribution in [2.75, 3.05) is 19.7 Å². The number of ether oxygens (including phenoxy) is 1. The number of amides is 3. The lowest BCUT2D eigenvalue weighted by molar-refractivity contribution is -0.142. The summed E-state index contributed by atoms with van der Waals surface area (Å²) >= 11 is 0. The Morgan fingerprint density at radius 1 is 1.21 bits per heavy atom. The van der Waals surface area contributed by atoms with Crippen LogP contribution in [-0.4, -0.2) is 42.3 Å². The summed E-state index contributed by atoms with van der Waals surface area (Å²) in [7, 11) is 0. The van der Waals surface area contributed by atoms with Gasteiger partial charge in [0, 0.05) is 18.9 Å². The van der Waals surface area contributed by atoms with Crippen LogP contribution in [0.25, 0.3) is 0 Å². The first kappa shape index (κ1) is 17.4. The van der Waals surface area contributed by atoms with Crippen molar-refractivity contribution < 1.29 is 27.9 Å². The second-order valence-corrected chi connectivity index (χ2v) is 4.87. The van der Waals surface area contributed by atoms with Crippen molar-refractivity contribution in [3.63, 3.8) is 0 Å². The van der Waals surface area contributed by atoms with E-state index in [1.54, 1.807) is 0 Å². The summed E-state index contributed by atoms with van der Waals surface area (Å²) < 4.78 is 31.0. The molecular formula is C16H14F2N2O4. The summed E-state index contributed by atoms with van der Waals surface area (Å²) in [5.74, 6) is 2.23. The average molecular weight is 336 g/mol. The molecule has 24 heavy (non-hydrogen) atoms.